The fourth-order valence-electron chi connectivity index (χ4n) is 5.19. The molecule has 1 atom stereocenters. The molecule has 1 spiro atoms. The van der Waals surface area contributed by atoms with Crippen molar-refractivity contribution in [3.05, 3.63) is 63.1 Å². The van der Waals surface area contributed by atoms with E-state index in [9.17, 15) is 42.4 Å². The van der Waals surface area contributed by atoms with Crippen molar-refractivity contribution in [3.8, 4) is 5.75 Å². The van der Waals surface area contributed by atoms with E-state index in [-0.39, 0.29) is 38.3 Å². The van der Waals surface area contributed by atoms with Gasteiger partial charge in [0.15, 0.2) is 11.4 Å². The maximum absolute atomic E-state index is 14.1. The highest BCUT2D eigenvalue weighted by atomic mass is 31.2. The first kappa shape index (κ1) is 39.2. The van der Waals surface area contributed by atoms with Crippen molar-refractivity contribution in [2.45, 2.75) is 58.4 Å². The summed E-state index contributed by atoms with van der Waals surface area (Å²) < 4.78 is 77.7. The fraction of sp³-hybridized carbons (Fsp3) is 0.516. The fourth-order valence-corrected chi connectivity index (χ4v) is 6.44. The molecular formula is C31H38F2N3O14P. The molecule has 4 rings (SSSR count). The largest absolute Gasteiger partial charge is 0.510 e. The molecule has 2 N–H and O–H groups in total. The number of carbonyl (C=O) groups is 4. The highest BCUT2D eigenvalue weighted by molar-refractivity contribution is 7.53. The van der Waals surface area contributed by atoms with Crippen LogP contribution in [0, 0.1) is 11.6 Å². The molecule has 2 aliphatic heterocycles. The molecule has 20 heteroatoms. The molecule has 280 valence electrons. The average Bonchev–Trinajstić information content (AvgIpc) is 3.51. The zero-order valence-corrected chi connectivity index (χ0v) is 29.1. The predicted octanol–water partition coefficient (Wildman–Crippen LogP) is 3.60. The van der Waals surface area contributed by atoms with Gasteiger partial charge in [0, 0.05) is 44.1 Å². The molecule has 1 saturated heterocycles. The highest BCUT2D eigenvalue weighted by Gasteiger charge is 2.47. The molecule has 3 heterocycles. The predicted molar refractivity (Wildman–Crippen MR) is 169 cm³/mol. The number of carbonyl (C=O) groups excluding carboxylic acids is 4. The van der Waals surface area contributed by atoms with Gasteiger partial charge >= 0.3 is 19.9 Å². The van der Waals surface area contributed by atoms with Crippen LogP contribution in [-0.4, -0.2) is 97.0 Å². The molecule has 2 aromatic rings. The number of halogens is 2. The van der Waals surface area contributed by atoms with Gasteiger partial charge in [0.25, 0.3) is 11.8 Å². The van der Waals surface area contributed by atoms with Gasteiger partial charge in [0.05, 0.1) is 30.5 Å². The number of benzene rings is 1. The third kappa shape index (κ3) is 9.81. The van der Waals surface area contributed by atoms with Crippen LogP contribution in [0.4, 0.5) is 18.4 Å². The number of pyridine rings is 1. The van der Waals surface area contributed by atoms with Crippen LogP contribution in [0.2, 0.25) is 0 Å². The summed E-state index contributed by atoms with van der Waals surface area (Å²) in [6.45, 7) is 3.77. The van der Waals surface area contributed by atoms with Crippen LogP contribution in [0.5, 0.6) is 5.75 Å². The van der Waals surface area contributed by atoms with Crippen LogP contribution in [0.15, 0.2) is 29.2 Å². The van der Waals surface area contributed by atoms with Crippen molar-refractivity contribution in [1.29, 1.82) is 0 Å². The number of aromatic nitrogens is 1. The van der Waals surface area contributed by atoms with Gasteiger partial charge in [0.2, 0.25) is 19.0 Å². The van der Waals surface area contributed by atoms with Gasteiger partial charge in [-0.25, -0.2) is 18.4 Å². The zero-order valence-electron chi connectivity index (χ0n) is 28.2. The summed E-state index contributed by atoms with van der Waals surface area (Å²) in [5.74, 6) is -4.67. The summed E-state index contributed by atoms with van der Waals surface area (Å²) in [5.41, 5.74) is -3.40. The van der Waals surface area contributed by atoms with Gasteiger partial charge in [-0.15, -0.1) is 0 Å². The Balaban J connectivity index is 1.55. The summed E-state index contributed by atoms with van der Waals surface area (Å²) in [5, 5.41) is 13.4. The maximum atomic E-state index is 14.1. The summed E-state index contributed by atoms with van der Waals surface area (Å²) in [6, 6.07) is 2.75. The quantitative estimate of drug-likeness (QED) is 0.161. The smallest absolute Gasteiger partial charge is 0.503 e. The van der Waals surface area contributed by atoms with Gasteiger partial charge < -0.3 is 43.6 Å². The lowest BCUT2D eigenvalue weighted by Crippen LogP contribution is -2.56. The molecular weight excluding hydrogens is 707 g/mol. The number of amides is 2. The van der Waals surface area contributed by atoms with Crippen molar-refractivity contribution in [2.24, 2.45) is 0 Å². The summed E-state index contributed by atoms with van der Waals surface area (Å²) in [4.78, 5) is 64.8. The van der Waals surface area contributed by atoms with E-state index in [1.807, 2.05) is 0 Å². The second-order valence-electron chi connectivity index (χ2n) is 12.1. The van der Waals surface area contributed by atoms with Crippen LogP contribution in [0.3, 0.4) is 0 Å². The number of nitrogens with one attached hydrogen (secondary N) is 1. The minimum atomic E-state index is -4.32. The van der Waals surface area contributed by atoms with Crippen LogP contribution in [0.1, 0.15) is 60.5 Å². The van der Waals surface area contributed by atoms with Crippen LogP contribution < -0.4 is 10.7 Å². The first-order valence-electron chi connectivity index (χ1n) is 15.7. The van der Waals surface area contributed by atoms with E-state index in [0.717, 1.165) is 18.3 Å². The summed E-state index contributed by atoms with van der Waals surface area (Å²) in [6.07, 6.45) is -2.49. The molecule has 1 unspecified atom stereocenters. The normalized spacial score (nSPS) is 17.1. The van der Waals surface area contributed by atoms with Crippen molar-refractivity contribution in [1.82, 2.24) is 14.8 Å². The van der Waals surface area contributed by atoms with E-state index >= 15 is 0 Å². The first-order valence-corrected chi connectivity index (χ1v) is 17.4. The van der Waals surface area contributed by atoms with E-state index in [0.29, 0.717) is 6.07 Å². The number of fused-ring (bicyclic) bond motifs is 2. The minimum Gasteiger partial charge on any atom is -0.503 e. The van der Waals surface area contributed by atoms with E-state index < -0.39 is 110 Å². The molecule has 51 heavy (non-hydrogen) atoms. The van der Waals surface area contributed by atoms with Crippen LogP contribution >= 0.6 is 7.60 Å². The van der Waals surface area contributed by atoms with Crippen LogP contribution in [0.25, 0.3) is 0 Å². The van der Waals surface area contributed by atoms with Gasteiger partial charge in [-0.05, 0) is 40.2 Å². The molecule has 1 aromatic heterocycles. The second-order valence-corrected chi connectivity index (χ2v) is 14.2. The maximum Gasteiger partial charge on any atom is 0.510 e. The molecule has 0 saturated carbocycles. The van der Waals surface area contributed by atoms with Crippen LogP contribution in [-0.2, 0) is 49.4 Å². The lowest BCUT2D eigenvalue weighted by molar-refractivity contribution is -0.0304. The summed E-state index contributed by atoms with van der Waals surface area (Å²) in [7, 11) is -4.32. The molecule has 17 nitrogen and oxygen atoms in total. The third-order valence-corrected chi connectivity index (χ3v) is 9.36. The molecule has 2 aliphatic rings. The van der Waals surface area contributed by atoms with Gasteiger partial charge in [-0.2, -0.15) is 0 Å². The number of hydrogen-bond acceptors (Lipinski definition) is 14. The lowest BCUT2D eigenvalue weighted by Gasteiger charge is -2.43. The molecule has 1 fully saturated rings. The van der Waals surface area contributed by atoms with Gasteiger partial charge in [-0.1, -0.05) is 6.07 Å². The van der Waals surface area contributed by atoms with Crippen molar-refractivity contribution in [3.63, 3.8) is 0 Å². The highest BCUT2D eigenvalue weighted by Crippen LogP contribution is 2.48. The SMILES string of the molecule is CC(C)OC(=O)OCOP(=O)(CCN1CC2(CCOC2)n2cc(C(=O)NCc3ccc(F)cc3F)c(=O)c(O)c2C1=O)OCOC(=O)OC(C)C. The number of rotatable bonds is 14. The van der Waals surface area contributed by atoms with Gasteiger partial charge in [-0.3, -0.25) is 28.0 Å². The number of ether oxygens (including phenoxy) is 5. The number of hydrogen-bond donors (Lipinski definition) is 2. The van der Waals surface area contributed by atoms with Crippen molar-refractivity contribution in [2.75, 3.05) is 46.1 Å². The Kier molecular flexibility index (Phi) is 12.8. The molecule has 0 aliphatic carbocycles. The Labute approximate surface area is 290 Å². The van der Waals surface area contributed by atoms with E-state index in [2.05, 4.69) is 5.32 Å². The van der Waals surface area contributed by atoms with E-state index in [4.69, 9.17) is 32.7 Å². The van der Waals surface area contributed by atoms with Gasteiger partial charge in [0.1, 0.15) is 17.2 Å². The third-order valence-electron chi connectivity index (χ3n) is 7.61. The number of aromatic hydroxyl groups is 1. The Hall–Kier alpha value is -4.58. The molecule has 0 radical (unpaired) electrons. The standard InChI is InChI=1S/C31H38F2N3O14P/c1-18(2)49-29(41)45-16-47-51(43,48-17-46-30(42)50-19(3)4)10-8-35-14-31(7-9-44-15-31)36-13-22(25(37)26(38)24(36)28(35)40)27(39)34-12-20-5-6-21(32)11-23(20)33/h5-6,11,13,18-19,38H,7-10,12,14-17H2,1-4H3,(H,34,39). The first-order chi connectivity index (χ1) is 24.0. The van der Waals surface area contributed by atoms with E-state index in [1.165, 1.54) is 9.47 Å². The van der Waals surface area contributed by atoms with E-state index in [1.54, 1.807) is 27.7 Å². The summed E-state index contributed by atoms with van der Waals surface area (Å²) >= 11 is 0. The Morgan fingerprint density at radius 1 is 1.04 bits per heavy atom. The zero-order chi connectivity index (χ0) is 37.5. The lowest BCUT2D eigenvalue weighted by atomic mass is 9.92. The monoisotopic (exact) mass is 745 g/mol. The molecule has 2 amide bonds. The average molecular weight is 746 g/mol. The number of nitrogens with zero attached hydrogens (tertiary/aromatic N) is 2. The minimum absolute atomic E-state index is 0.0177. The Morgan fingerprint density at radius 2 is 1.67 bits per heavy atom. The molecule has 0 bridgehead atoms. The topological polar surface area (TPSA) is 207 Å². The Morgan fingerprint density at radius 3 is 2.22 bits per heavy atom. The molecule has 1 aromatic carbocycles. The van der Waals surface area contributed by atoms with Crippen molar-refractivity contribution < 1.29 is 70.4 Å². The second kappa shape index (κ2) is 16.6. The van der Waals surface area contributed by atoms with Crippen molar-refractivity contribution >= 4 is 31.7 Å². The Bertz CT molecular complexity index is 1710.